The normalized spacial score (nSPS) is 14.1. The Kier molecular flexibility index (Phi) is 8.50. The quantitative estimate of drug-likeness (QED) is 0.311. The maximum absolute atomic E-state index is 4.54. The number of rotatable bonds is 9. The smallest absolute Gasteiger partial charge is 0.126 e. The fourth-order valence-corrected chi connectivity index (χ4v) is 5.64. The monoisotopic (exact) mass is 510 g/mol. The molecule has 0 radical (unpaired) electrons. The van der Waals surface area contributed by atoms with Crippen molar-refractivity contribution in [1.82, 2.24) is 4.98 Å². The lowest BCUT2D eigenvalue weighted by atomic mass is 9.91. The fourth-order valence-electron chi connectivity index (χ4n) is 5.64. The molecule has 0 spiro atoms. The molecular formula is C34H46N4. The number of nitrogens with zero attached hydrogens (tertiary/aromatic N) is 3. The van der Waals surface area contributed by atoms with Crippen molar-refractivity contribution in [3.8, 4) is 0 Å². The van der Waals surface area contributed by atoms with Crippen LogP contribution in [-0.2, 0) is 0 Å². The van der Waals surface area contributed by atoms with Crippen LogP contribution in [0.1, 0.15) is 108 Å². The Bertz CT molecular complexity index is 1220. The molecule has 0 atom stereocenters. The second kappa shape index (κ2) is 11.6. The van der Waals surface area contributed by atoms with Gasteiger partial charge in [-0.3, -0.25) is 0 Å². The van der Waals surface area contributed by atoms with E-state index in [0.717, 1.165) is 12.5 Å². The molecule has 1 aliphatic heterocycles. The van der Waals surface area contributed by atoms with E-state index in [9.17, 15) is 0 Å². The Hall–Kier alpha value is -3.27. The highest BCUT2D eigenvalue weighted by atomic mass is 15.4. The van der Waals surface area contributed by atoms with Gasteiger partial charge in [-0.25, -0.2) is 4.98 Å². The van der Waals surface area contributed by atoms with Crippen molar-refractivity contribution in [3.05, 3.63) is 94.4 Å². The topological polar surface area (TPSA) is 31.4 Å². The standard InChI is InChI=1S/C34H46N4/c1-22(2)27-14-12-15-28(23(3)4)33(27)37-21-38(31(26(37)9)20-36-32-18-10-11-19-35-32)34-29(24(5)6)16-13-17-30(34)25(7)8/h10-19,22-25H,20-21H2,1-9H3,(H,35,36). The number of aromatic nitrogens is 1. The van der Waals surface area contributed by atoms with Crippen molar-refractivity contribution < 1.29 is 0 Å². The van der Waals surface area contributed by atoms with Crippen molar-refractivity contribution in [2.24, 2.45) is 0 Å². The molecule has 4 nitrogen and oxygen atoms in total. The van der Waals surface area contributed by atoms with Gasteiger partial charge in [0.2, 0.25) is 0 Å². The molecule has 0 fully saturated rings. The molecule has 0 bridgehead atoms. The van der Waals surface area contributed by atoms with Crippen molar-refractivity contribution in [2.75, 3.05) is 28.3 Å². The maximum Gasteiger partial charge on any atom is 0.126 e. The van der Waals surface area contributed by atoms with Crippen LogP contribution in [-0.4, -0.2) is 18.2 Å². The second-order valence-corrected chi connectivity index (χ2v) is 11.8. The van der Waals surface area contributed by atoms with E-state index in [0.29, 0.717) is 30.2 Å². The van der Waals surface area contributed by atoms with Gasteiger partial charge in [-0.1, -0.05) is 97.9 Å². The van der Waals surface area contributed by atoms with E-state index >= 15 is 0 Å². The van der Waals surface area contributed by atoms with Gasteiger partial charge in [0.1, 0.15) is 5.82 Å². The number of hydrogen-bond acceptors (Lipinski definition) is 4. The number of anilines is 3. The molecule has 1 aromatic heterocycles. The third-order valence-corrected chi connectivity index (χ3v) is 7.76. The maximum atomic E-state index is 4.54. The lowest BCUT2D eigenvalue weighted by Gasteiger charge is -2.33. The highest BCUT2D eigenvalue weighted by Crippen LogP contribution is 2.44. The minimum atomic E-state index is 0.428. The first-order chi connectivity index (χ1) is 18.1. The molecule has 1 aliphatic rings. The number of hydrogen-bond donors (Lipinski definition) is 1. The van der Waals surface area contributed by atoms with Gasteiger partial charge in [0, 0.05) is 23.3 Å². The molecule has 0 unspecified atom stereocenters. The lowest BCUT2D eigenvalue weighted by molar-refractivity contribution is 0.794. The number of pyridine rings is 1. The number of nitrogens with one attached hydrogen (secondary N) is 1. The van der Waals surface area contributed by atoms with Gasteiger partial charge in [-0.2, -0.15) is 0 Å². The van der Waals surface area contributed by atoms with Crippen molar-refractivity contribution in [1.29, 1.82) is 0 Å². The summed E-state index contributed by atoms with van der Waals surface area (Å²) in [5.41, 5.74) is 11.0. The van der Waals surface area contributed by atoms with Crippen molar-refractivity contribution in [2.45, 2.75) is 86.0 Å². The van der Waals surface area contributed by atoms with E-state index in [2.05, 4.69) is 119 Å². The largest absolute Gasteiger partial charge is 0.364 e. The van der Waals surface area contributed by atoms with Crippen LogP contribution >= 0.6 is 0 Å². The number of benzene rings is 2. The Morgan fingerprint density at radius 2 is 1.13 bits per heavy atom. The van der Waals surface area contributed by atoms with Gasteiger partial charge in [-0.15, -0.1) is 0 Å². The Morgan fingerprint density at radius 1 is 0.658 bits per heavy atom. The number of para-hydroxylation sites is 2. The van der Waals surface area contributed by atoms with E-state index in [1.165, 1.54) is 45.0 Å². The van der Waals surface area contributed by atoms with Gasteiger partial charge in [-0.05, 0) is 65.0 Å². The first-order valence-corrected chi connectivity index (χ1v) is 14.3. The lowest BCUT2D eigenvalue weighted by Crippen LogP contribution is -2.32. The van der Waals surface area contributed by atoms with Crippen LogP contribution in [0, 0.1) is 0 Å². The summed E-state index contributed by atoms with van der Waals surface area (Å²) < 4.78 is 0. The van der Waals surface area contributed by atoms with Crippen molar-refractivity contribution in [3.63, 3.8) is 0 Å². The molecule has 38 heavy (non-hydrogen) atoms. The minimum Gasteiger partial charge on any atom is -0.364 e. The highest BCUT2D eigenvalue weighted by Gasteiger charge is 2.34. The zero-order valence-corrected chi connectivity index (χ0v) is 24.8. The summed E-state index contributed by atoms with van der Waals surface area (Å²) in [7, 11) is 0. The van der Waals surface area contributed by atoms with Crippen LogP contribution in [0.4, 0.5) is 17.2 Å². The van der Waals surface area contributed by atoms with Gasteiger partial charge >= 0.3 is 0 Å². The zero-order valence-electron chi connectivity index (χ0n) is 24.8. The molecule has 2 aromatic carbocycles. The summed E-state index contributed by atoms with van der Waals surface area (Å²) in [6.07, 6.45) is 1.85. The summed E-state index contributed by atoms with van der Waals surface area (Å²) in [5, 5.41) is 3.62. The molecular weight excluding hydrogens is 464 g/mol. The van der Waals surface area contributed by atoms with E-state index in [4.69, 9.17) is 0 Å². The van der Waals surface area contributed by atoms with Gasteiger partial charge < -0.3 is 15.1 Å². The Balaban J connectivity index is 1.91. The predicted octanol–water partition coefficient (Wildman–Crippen LogP) is 9.20. The van der Waals surface area contributed by atoms with Gasteiger partial charge in [0.05, 0.1) is 18.9 Å². The molecule has 0 amide bonds. The van der Waals surface area contributed by atoms with E-state index in [-0.39, 0.29) is 0 Å². The second-order valence-electron chi connectivity index (χ2n) is 11.8. The summed E-state index contributed by atoms with van der Waals surface area (Å²) in [4.78, 5) is 9.69. The molecule has 0 aliphatic carbocycles. The summed E-state index contributed by atoms with van der Waals surface area (Å²) in [5.74, 6) is 2.64. The minimum absolute atomic E-state index is 0.428. The first-order valence-electron chi connectivity index (χ1n) is 14.3. The van der Waals surface area contributed by atoms with Crippen LogP contribution in [0.5, 0.6) is 0 Å². The molecule has 4 heteroatoms. The van der Waals surface area contributed by atoms with Gasteiger partial charge in [0.25, 0.3) is 0 Å². The third-order valence-electron chi connectivity index (χ3n) is 7.76. The zero-order chi connectivity index (χ0) is 27.6. The van der Waals surface area contributed by atoms with Crippen LogP contribution in [0.25, 0.3) is 0 Å². The molecule has 2 heterocycles. The molecule has 4 rings (SSSR count). The Morgan fingerprint density at radius 3 is 1.55 bits per heavy atom. The van der Waals surface area contributed by atoms with Crippen LogP contribution in [0.15, 0.2) is 72.2 Å². The van der Waals surface area contributed by atoms with E-state index < -0.39 is 0 Å². The van der Waals surface area contributed by atoms with E-state index in [1.54, 1.807) is 0 Å². The summed E-state index contributed by atoms with van der Waals surface area (Å²) >= 11 is 0. The number of allylic oxidation sites excluding steroid dienone is 1. The summed E-state index contributed by atoms with van der Waals surface area (Å²) in [6, 6.07) is 19.8. The predicted molar refractivity (Wildman–Crippen MR) is 164 cm³/mol. The first kappa shape index (κ1) is 27.8. The van der Waals surface area contributed by atoms with Crippen molar-refractivity contribution >= 4 is 17.2 Å². The fraction of sp³-hybridized carbons (Fsp3) is 0.441. The highest BCUT2D eigenvalue weighted by molar-refractivity contribution is 5.74. The molecule has 202 valence electrons. The SMILES string of the molecule is CC1=C(CNc2ccccn2)N(c2c(C(C)C)cccc2C(C)C)CN1c1c(C(C)C)cccc1C(C)C. The van der Waals surface area contributed by atoms with Gasteiger partial charge in [0.15, 0.2) is 0 Å². The average molecular weight is 511 g/mol. The summed E-state index contributed by atoms with van der Waals surface area (Å²) in [6.45, 7) is 22.3. The molecule has 1 N–H and O–H groups in total. The van der Waals surface area contributed by atoms with E-state index in [1.807, 2.05) is 24.4 Å². The Labute approximate surface area is 230 Å². The molecule has 0 saturated carbocycles. The van der Waals surface area contributed by atoms with Crippen LogP contribution in [0.2, 0.25) is 0 Å². The molecule has 0 saturated heterocycles. The molecule has 3 aromatic rings. The van der Waals surface area contributed by atoms with Crippen LogP contribution < -0.4 is 15.1 Å². The van der Waals surface area contributed by atoms with Crippen LogP contribution in [0.3, 0.4) is 0 Å². The average Bonchev–Trinajstić information content (AvgIpc) is 3.22. The third kappa shape index (κ3) is 5.45.